The number of carbonyl (C=O) groups excluding carboxylic acids is 1. The molecule has 8 nitrogen and oxygen atoms in total. The largest absolute Gasteiger partial charge is 0.496 e. The predicted molar refractivity (Wildman–Crippen MR) is 100 cm³/mol. The number of ether oxygens (including phenoxy) is 3. The molecule has 1 unspecified atom stereocenters. The lowest BCUT2D eigenvalue weighted by Gasteiger charge is -2.27. The van der Waals surface area contributed by atoms with Gasteiger partial charge in [-0.05, 0) is 6.07 Å². The zero-order chi connectivity index (χ0) is 19.5. The highest BCUT2D eigenvalue weighted by molar-refractivity contribution is 7.99. The third-order valence-corrected chi connectivity index (χ3v) is 6.64. The van der Waals surface area contributed by atoms with Crippen LogP contribution in [0.2, 0.25) is 0 Å². The van der Waals surface area contributed by atoms with Gasteiger partial charge in [0.25, 0.3) is 0 Å². The van der Waals surface area contributed by atoms with E-state index in [4.69, 9.17) is 14.2 Å². The summed E-state index contributed by atoms with van der Waals surface area (Å²) in [7, 11) is 2.60. The lowest BCUT2D eigenvalue weighted by Crippen LogP contribution is -2.40. The second-order valence-corrected chi connectivity index (χ2v) is 9.06. The van der Waals surface area contributed by atoms with Crippen LogP contribution in [0, 0.1) is 0 Å². The number of methoxy groups -OCH3 is 3. The molecule has 26 heavy (non-hydrogen) atoms. The van der Waals surface area contributed by atoms with Gasteiger partial charge in [-0.2, -0.15) is 4.31 Å². The van der Waals surface area contributed by atoms with E-state index in [1.54, 1.807) is 43.0 Å². The van der Waals surface area contributed by atoms with Crippen molar-refractivity contribution in [1.29, 1.82) is 0 Å². The SMILES string of the molecule is COc1cc(OC)c(C2SCCN2C(=O)CN(C)S(C)(=O)=O)cc1OC. The molecule has 0 aromatic heterocycles. The minimum Gasteiger partial charge on any atom is -0.496 e. The maximum Gasteiger partial charge on any atom is 0.239 e. The number of amides is 1. The first-order valence-corrected chi connectivity index (χ1v) is 10.7. The number of rotatable bonds is 7. The van der Waals surface area contributed by atoms with Crippen molar-refractivity contribution < 1.29 is 27.4 Å². The number of hydrogen-bond donors (Lipinski definition) is 0. The Morgan fingerprint density at radius 2 is 1.77 bits per heavy atom. The highest BCUT2D eigenvalue weighted by Gasteiger charge is 2.34. The van der Waals surface area contributed by atoms with Crippen LogP contribution in [0.15, 0.2) is 12.1 Å². The van der Waals surface area contributed by atoms with E-state index >= 15 is 0 Å². The number of likely N-dealkylation sites (N-methyl/N-ethyl adjacent to an activating group) is 1. The summed E-state index contributed by atoms with van der Waals surface area (Å²) in [6.45, 7) is 0.328. The number of hydrogen-bond acceptors (Lipinski definition) is 7. The molecule has 1 aromatic rings. The van der Waals surface area contributed by atoms with E-state index in [2.05, 4.69) is 0 Å². The van der Waals surface area contributed by atoms with Crippen molar-refractivity contribution in [2.24, 2.45) is 0 Å². The summed E-state index contributed by atoms with van der Waals surface area (Å²) in [5, 5.41) is -0.287. The summed E-state index contributed by atoms with van der Waals surface area (Å²) < 4.78 is 40.3. The van der Waals surface area contributed by atoms with E-state index in [9.17, 15) is 13.2 Å². The minimum atomic E-state index is -3.42. The van der Waals surface area contributed by atoms with E-state index in [0.29, 0.717) is 23.8 Å². The van der Waals surface area contributed by atoms with Crippen molar-refractivity contribution in [3.05, 3.63) is 17.7 Å². The predicted octanol–water partition coefficient (Wildman–Crippen LogP) is 1.18. The summed E-state index contributed by atoms with van der Waals surface area (Å²) in [6, 6.07) is 3.51. The van der Waals surface area contributed by atoms with Crippen molar-refractivity contribution >= 4 is 27.7 Å². The molecule has 1 aromatic carbocycles. The first-order valence-electron chi connectivity index (χ1n) is 7.85. The molecule has 146 valence electrons. The monoisotopic (exact) mass is 404 g/mol. The fourth-order valence-corrected chi connectivity index (χ4v) is 4.26. The van der Waals surface area contributed by atoms with Gasteiger partial charge in [0.2, 0.25) is 15.9 Å². The number of carbonyl (C=O) groups is 1. The van der Waals surface area contributed by atoms with Crippen molar-refractivity contribution in [2.45, 2.75) is 5.37 Å². The van der Waals surface area contributed by atoms with Crippen LogP contribution < -0.4 is 14.2 Å². The third kappa shape index (κ3) is 4.36. The fourth-order valence-electron chi connectivity index (χ4n) is 2.63. The Morgan fingerprint density at radius 3 is 2.31 bits per heavy atom. The molecule has 1 saturated heterocycles. The van der Waals surface area contributed by atoms with Crippen molar-refractivity contribution in [1.82, 2.24) is 9.21 Å². The lowest BCUT2D eigenvalue weighted by molar-refractivity contribution is -0.131. The quantitative estimate of drug-likeness (QED) is 0.674. The molecule has 0 bridgehead atoms. The highest BCUT2D eigenvalue weighted by Crippen LogP contribution is 2.46. The third-order valence-electron chi connectivity index (χ3n) is 4.14. The van der Waals surface area contributed by atoms with Gasteiger partial charge in [-0.3, -0.25) is 4.79 Å². The van der Waals surface area contributed by atoms with Gasteiger partial charge in [-0.1, -0.05) is 0 Å². The lowest BCUT2D eigenvalue weighted by atomic mass is 10.1. The fraction of sp³-hybridized carbons (Fsp3) is 0.562. The van der Waals surface area contributed by atoms with E-state index < -0.39 is 10.0 Å². The first kappa shape index (κ1) is 20.7. The Morgan fingerprint density at radius 1 is 1.19 bits per heavy atom. The van der Waals surface area contributed by atoms with Gasteiger partial charge in [0.1, 0.15) is 11.1 Å². The normalized spacial score (nSPS) is 17.5. The van der Waals surface area contributed by atoms with Gasteiger partial charge in [0, 0.05) is 31.0 Å². The summed E-state index contributed by atoms with van der Waals surface area (Å²) in [5.41, 5.74) is 0.781. The molecular formula is C16H24N2O6S2. The number of thioether (sulfide) groups is 1. The van der Waals surface area contributed by atoms with Gasteiger partial charge < -0.3 is 19.1 Å². The Hall–Kier alpha value is -1.65. The van der Waals surface area contributed by atoms with Crippen LogP contribution in [0.3, 0.4) is 0 Å². The number of benzene rings is 1. The summed E-state index contributed by atoms with van der Waals surface area (Å²) in [4.78, 5) is 14.3. The average Bonchev–Trinajstić information content (AvgIpc) is 3.09. The van der Waals surface area contributed by atoms with Crippen LogP contribution >= 0.6 is 11.8 Å². The van der Waals surface area contributed by atoms with E-state index in [1.807, 2.05) is 0 Å². The highest BCUT2D eigenvalue weighted by atomic mass is 32.2. The zero-order valence-electron chi connectivity index (χ0n) is 15.5. The standard InChI is InChI=1S/C16H24N2O6S2/c1-17(26(5,20)21)10-15(19)18-6-7-25-16(18)11-8-13(23-3)14(24-4)9-12(11)22-2/h8-9,16H,6-7,10H2,1-5H3. The number of nitrogens with zero attached hydrogens (tertiary/aromatic N) is 2. The maximum absolute atomic E-state index is 12.7. The van der Waals surface area contributed by atoms with Crippen LogP contribution in [0.5, 0.6) is 17.2 Å². The van der Waals surface area contributed by atoms with Crippen LogP contribution in [0.4, 0.5) is 0 Å². The van der Waals surface area contributed by atoms with Crippen molar-refractivity contribution in [3.63, 3.8) is 0 Å². The van der Waals surface area contributed by atoms with Gasteiger partial charge >= 0.3 is 0 Å². The minimum absolute atomic E-state index is 0.203. The molecule has 1 fully saturated rings. The molecule has 2 rings (SSSR count). The molecule has 0 saturated carbocycles. The van der Waals surface area contributed by atoms with E-state index in [-0.39, 0.29) is 17.8 Å². The molecule has 0 N–H and O–H groups in total. The van der Waals surface area contributed by atoms with Gasteiger partial charge in [0.15, 0.2) is 11.5 Å². The topological polar surface area (TPSA) is 85.4 Å². The van der Waals surface area contributed by atoms with Gasteiger partial charge in [0.05, 0.1) is 34.1 Å². The molecule has 0 aliphatic carbocycles. The molecule has 1 amide bonds. The van der Waals surface area contributed by atoms with E-state index in [0.717, 1.165) is 21.9 Å². The van der Waals surface area contributed by atoms with Gasteiger partial charge in [-0.15, -0.1) is 11.8 Å². The molecule has 0 radical (unpaired) electrons. The Balaban J connectivity index is 2.33. The second-order valence-electron chi connectivity index (χ2n) is 5.78. The number of sulfonamides is 1. The molecular weight excluding hydrogens is 380 g/mol. The Kier molecular flexibility index (Phi) is 6.64. The molecule has 1 aliphatic rings. The molecule has 1 heterocycles. The van der Waals surface area contributed by atoms with E-state index in [1.165, 1.54) is 14.2 Å². The van der Waals surface area contributed by atoms with Gasteiger partial charge in [-0.25, -0.2) is 8.42 Å². The van der Waals surface area contributed by atoms with Crippen molar-refractivity contribution in [3.8, 4) is 17.2 Å². The molecule has 0 spiro atoms. The van der Waals surface area contributed by atoms with Crippen molar-refractivity contribution in [2.75, 3.05) is 53.5 Å². The molecule has 10 heteroatoms. The summed E-state index contributed by atoms with van der Waals surface area (Å²) in [6.07, 6.45) is 1.08. The first-order chi connectivity index (χ1) is 12.2. The smallest absolute Gasteiger partial charge is 0.239 e. The molecule has 1 atom stereocenters. The summed E-state index contributed by atoms with van der Waals surface area (Å²) in [5.74, 6) is 2.14. The molecule has 1 aliphatic heterocycles. The van der Waals surface area contributed by atoms with Crippen LogP contribution in [0.1, 0.15) is 10.9 Å². The Labute approximate surface area is 158 Å². The van der Waals surface area contributed by atoms with Crippen LogP contribution in [-0.2, 0) is 14.8 Å². The summed E-state index contributed by atoms with van der Waals surface area (Å²) >= 11 is 1.59. The second kappa shape index (κ2) is 8.36. The maximum atomic E-state index is 12.7. The average molecular weight is 405 g/mol. The van der Waals surface area contributed by atoms with Crippen LogP contribution in [-0.4, -0.2) is 77.0 Å². The Bertz CT molecular complexity index is 768. The van der Waals surface area contributed by atoms with Crippen LogP contribution in [0.25, 0.3) is 0 Å². The zero-order valence-corrected chi connectivity index (χ0v) is 17.1.